The summed E-state index contributed by atoms with van der Waals surface area (Å²) in [6, 6.07) is 11.8. The molecule has 1 aromatic carbocycles. The number of carbonyl (C=O) groups excluding carboxylic acids is 2. The van der Waals surface area contributed by atoms with Gasteiger partial charge in [-0.1, -0.05) is 0 Å². The molecule has 3 aromatic heterocycles. The van der Waals surface area contributed by atoms with Crippen LogP contribution in [0.2, 0.25) is 0 Å². The number of carbonyl (C=O) groups is 2. The molecule has 11 nitrogen and oxygen atoms in total. The Hall–Kier alpha value is -4.35. The minimum Gasteiger partial charge on any atom is -0.351 e. The molecule has 0 saturated heterocycles. The summed E-state index contributed by atoms with van der Waals surface area (Å²) >= 11 is 0. The molecule has 4 rings (SSSR count). The minimum atomic E-state index is -0.594. The largest absolute Gasteiger partial charge is 0.351 e. The number of hydroxylamine groups is 1. The van der Waals surface area contributed by atoms with Gasteiger partial charge >= 0.3 is 0 Å². The highest BCUT2D eigenvalue weighted by Crippen LogP contribution is 2.25. The Morgan fingerprint density at radius 1 is 1.00 bits per heavy atom. The number of fused-ring (bicyclic) bond motifs is 1. The topological polar surface area (TPSA) is 137 Å². The van der Waals surface area contributed by atoms with Crippen molar-refractivity contribution in [2.45, 2.75) is 6.92 Å². The first kappa shape index (κ1) is 23.8. The first-order valence-corrected chi connectivity index (χ1v) is 10.9. The normalized spacial score (nSPS) is 11.0. The summed E-state index contributed by atoms with van der Waals surface area (Å²) < 4.78 is 1.85. The highest BCUT2D eigenvalue weighted by Gasteiger charge is 2.16. The van der Waals surface area contributed by atoms with Gasteiger partial charge < -0.3 is 15.5 Å². The fourth-order valence-corrected chi connectivity index (χ4v) is 3.55. The third-order valence-corrected chi connectivity index (χ3v) is 5.30. The van der Waals surface area contributed by atoms with Crippen molar-refractivity contribution in [3.05, 3.63) is 71.7 Å². The standard InChI is InChI=1S/C24H26N8O3/c1-15-21(32-14-17(6-9-20(32)27-15)22(33)25-12-13-31(2)3)19-10-11-26-24(29-19)28-18-7-4-16(5-8-18)23(34)30-35/h4-11,14,35H,12-13H2,1-3H3,(H,25,33)(H,30,34)(H,26,28,29). The molecule has 0 radical (unpaired) electrons. The number of anilines is 2. The Labute approximate surface area is 201 Å². The van der Waals surface area contributed by atoms with Gasteiger partial charge in [0.2, 0.25) is 5.95 Å². The van der Waals surface area contributed by atoms with Crippen LogP contribution >= 0.6 is 0 Å². The van der Waals surface area contributed by atoms with E-state index in [0.29, 0.717) is 40.6 Å². The zero-order chi connectivity index (χ0) is 24.9. The van der Waals surface area contributed by atoms with Crippen LogP contribution in [0.4, 0.5) is 11.6 Å². The Balaban J connectivity index is 1.60. The third kappa shape index (κ3) is 5.42. The molecular formula is C24H26N8O3. The molecule has 4 aromatic rings. The Bertz CT molecular complexity index is 1370. The lowest BCUT2D eigenvalue weighted by Gasteiger charge is -2.11. The molecule has 0 unspecified atom stereocenters. The van der Waals surface area contributed by atoms with E-state index in [2.05, 4.69) is 25.6 Å². The molecule has 0 fully saturated rings. The molecule has 0 atom stereocenters. The van der Waals surface area contributed by atoms with Crippen LogP contribution in [0.25, 0.3) is 17.0 Å². The summed E-state index contributed by atoms with van der Waals surface area (Å²) in [6.07, 6.45) is 3.39. The van der Waals surface area contributed by atoms with Crippen LogP contribution in [0, 0.1) is 6.92 Å². The Morgan fingerprint density at radius 3 is 2.46 bits per heavy atom. The van der Waals surface area contributed by atoms with E-state index >= 15 is 0 Å². The number of benzene rings is 1. The van der Waals surface area contributed by atoms with Gasteiger partial charge in [0.05, 0.1) is 22.6 Å². The van der Waals surface area contributed by atoms with Gasteiger partial charge in [0, 0.05) is 36.7 Å². The summed E-state index contributed by atoms with van der Waals surface area (Å²) in [4.78, 5) is 39.7. The zero-order valence-electron chi connectivity index (χ0n) is 19.6. The van der Waals surface area contributed by atoms with Crippen LogP contribution in [-0.4, -0.2) is 68.5 Å². The number of nitrogens with zero attached hydrogens (tertiary/aromatic N) is 5. The van der Waals surface area contributed by atoms with E-state index in [-0.39, 0.29) is 5.91 Å². The lowest BCUT2D eigenvalue weighted by atomic mass is 10.2. The van der Waals surface area contributed by atoms with E-state index in [1.807, 2.05) is 36.4 Å². The van der Waals surface area contributed by atoms with Gasteiger partial charge in [0.1, 0.15) is 5.65 Å². The van der Waals surface area contributed by atoms with Crippen molar-refractivity contribution in [1.29, 1.82) is 0 Å². The van der Waals surface area contributed by atoms with E-state index in [9.17, 15) is 9.59 Å². The van der Waals surface area contributed by atoms with Crippen LogP contribution in [-0.2, 0) is 0 Å². The van der Waals surface area contributed by atoms with E-state index in [0.717, 1.165) is 17.9 Å². The lowest BCUT2D eigenvalue weighted by molar-refractivity contribution is 0.0706. The summed E-state index contributed by atoms with van der Waals surface area (Å²) in [5, 5.41) is 14.8. The van der Waals surface area contributed by atoms with E-state index < -0.39 is 5.91 Å². The number of rotatable bonds is 8. The first-order chi connectivity index (χ1) is 16.9. The van der Waals surface area contributed by atoms with Crippen molar-refractivity contribution in [3.63, 3.8) is 0 Å². The van der Waals surface area contributed by atoms with Crippen LogP contribution in [0.1, 0.15) is 26.4 Å². The van der Waals surface area contributed by atoms with Crippen LogP contribution in [0.3, 0.4) is 0 Å². The van der Waals surface area contributed by atoms with Crippen molar-refractivity contribution >= 4 is 29.1 Å². The van der Waals surface area contributed by atoms with E-state index in [1.165, 1.54) is 0 Å². The molecule has 0 aliphatic heterocycles. The fraction of sp³-hybridized carbons (Fsp3) is 0.208. The number of imidazole rings is 1. The Kier molecular flexibility index (Phi) is 6.99. The van der Waals surface area contributed by atoms with Gasteiger partial charge in [-0.15, -0.1) is 0 Å². The van der Waals surface area contributed by atoms with E-state index in [4.69, 9.17) is 5.21 Å². The van der Waals surface area contributed by atoms with Gasteiger partial charge in [-0.3, -0.25) is 19.2 Å². The number of nitrogens with one attached hydrogen (secondary N) is 3. The molecule has 0 spiro atoms. The smallest absolute Gasteiger partial charge is 0.274 e. The van der Waals surface area contributed by atoms with Gasteiger partial charge in [-0.2, -0.15) is 0 Å². The van der Waals surface area contributed by atoms with Crippen LogP contribution in [0.5, 0.6) is 0 Å². The van der Waals surface area contributed by atoms with Crippen LogP contribution in [0.15, 0.2) is 54.9 Å². The number of hydrogen-bond acceptors (Lipinski definition) is 8. The van der Waals surface area contributed by atoms with Crippen molar-refractivity contribution in [3.8, 4) is 11.4 Å². The zero-order valence-corrected chi connectivity index (χ0v) is 19.6. The minimum absolute atomic E-state index is 0.158. The molecule has 180 valence electrons. The predicted molar refractivity (Wildman–Crippen MR) is 131 cm³/mol. The van der Waals surface area contributed by atoms with Gasteiger partial charge in [0.15, 0.2) is 0 Å². The molecule has 2 amide bonds. The molecule has 0 saturated carbocycles. The van der Waals surface area contributed by atoms with Crippen molar-refractivity contribution in [2.24, 2.45) is 0 Å². The highest BCUT2D eigenvalue weighted by molar-refractivity contribution is 5.94. The van der Waals surface area contributed by atoms with Crippen LogP contribution < -0.4 is 16.1 Å². The predicted octanol–water partition coefficient (Wildman–Crippen LogP) is 2.25. The first-order valence-electron chi connectivity index (χ1n) is 10.9. The molecule has 0 aliphatic rings. The maximum atomic E-state index is 12.6. The summed E-state index contributed by atoms with van der Waals surface area (Å²) in [5.74, 6) is -0.396. The molecular weight excluding hydrogens is 448 g/mol. The average Bonchev–Trinajstić information content (AvgIpc) is 3.18. The maximum absolute atomic E-state index is 12.6. The van der Waals surface area contributed by atoms with Crippen molar-refractivity contribution < 1.29 is 14.8 Å². The molecule has 0 aliphatic carbocycles. The monoisotopic (exact) mass is 474 g/mol. The second-order valence-corrected chi connectivity index (χ2v) is 8.16. The SMILES string of the molecule is Cc1nc2ccc(C(=O)NCCN(C)C)cn2c1-c1ccnc(Nc2ccc(C(=O)NO)cc2)n1. The number of aryl methyl sites for hydroxylation is 1. The van der Waals surface area contributed by atoms with Gasteiger partial charge in [0.25, 0.3) is 11.8 Å². The second-order valence-electron chi connectivity index (χ2n) is 8.16. The quantitative estimate of drug-likeness (QED) is 0.225. The summed E-state index contributed by atoms with van der Waals surface area (Å²) in [6.45, 7) is 3.18. The molecule has 35 heavy (non-hydrogen) atoms. The van der Waals surface area contributed by atoms with Crippen molar-refractivity contribution in [2.75, 3.05) is 32.5 Å². The fourth-order valence-electron chi connectivity index (χ4n) is 3.55. The van der Waals surface area contributed by atoms with E-state index in [1.54, 1.807) is 54.3 Å². The summed E-state index contributed by atoms with van der Waals surface area (Å²) in [7, 11) is 3.91. The van der Waals surface area contributed by atoms with Crippen molar-refractivity contribution in [1.82, 2.24) is 35.0 Å². The number of aromatic nitrogens is 4. The number of likely N-dealkylation sites (N-methyl/N-ethyl adjacent to an activating group) is 1. The molecule has 3 heterocycles. The van der Waals surface area contributed by atoms with Gasteiger partial charge in [-0.25, -0.2) is 20.4 Å². The Morgan fingerprint density at radius 2 is 1.74 bits per heavy atom. The highest BCUT2D eigenvalue weighted by atomic mass is 16.5. The second kappa shape index (κ2) is 10.3. The number of hydrogen-bond donors (Lipinski definition) is 4. The average molecular weight is 475 g/mol. The van der Waals surface area contributed by atoms with Gasteiger partial charge in [-0.05, 0) is 63.5 Å². The third-order valence-electron chi connectivity index (χ3n) is 5.30. The lowest BCUT2D eigenvalue weighted by Crippen LogP contribution is -2.31. The summed E-state index contributed by atoms with van der Waals surface area (Å²) in [5.41, 5.74) is 5.96. The molecule has 4 N–H and O–H groups in total. The molecule has 11 heteroatoms. The number of amides is 2. The molecule has 0 bridgehead atoms. The maximum Gasteiger partial charge on any atom is 0.274 e. The number of pyridine rings is 1.